The number of hydrogen-bond donors (Lipinski definition) is 1. The number of ether oxygens (including phenoxy) is 2. The molecule has 0 aliphatic carbocycles. The van der Waals surface area contributed by atoms with Crippen molar-refractivity contribution in [3.05, 3.63) is 36.4 Å². The molecule has 1 aromatic carbocycles. The van der Waals surface area contributed by atoms with E-state index in [0.717, 1.165) is 31.1 Å². The minimum Gasteiger partial charge on any atom is -0.493 e. The first-order chi connectivity index (χ1) is 10.8. The molecule has 0 spiro atoms. The van der Waals surface area contributed by atoms with Gasteiger partial charge in [0.25, 0.3) is 0 Å². The second-order valence-corrected chi connectivity index (χ2v) is 5.64. The Hall–Kier alpha value is -0.940. The van der Waals surface area contributed by atoms with E-state index >= 15 is 0 Å². The van der Waals surface area contributed by atoms with Crippen LogP contribution >= 0.6 is 24.8 Å². The molecule has 0 aromatic heterocycles. The number of nitrogens with one attached hydrogen (secondary N) is 1. The lowest BCUT2D eigenvalue weighted by atomic mass is 10.2. The summed E-state index contributed by atoms with van der Waals surface area (Å²) < 4.78 is 11.0. The number of likely N-dealkylation sites (tertiary alicyclic amines) is 1. The Kier molecular flexibility index (Phi) is 11.9. The fraction of sp³-hybridized carbons (Fsp3) is 0.556. The van der Waals surface area contributed by atoms with Gasteiger partial charge in [-0.15, -0.1) is 24.8 Å². The zero-order chi connectivity index (χ0) is 15.8. The Labute approximate surface area is 158 Å². The van der Waals surface area contributed by atoms with E-state index in [2.05, 4.69) is 29.8 Å². The van der Waals surface area contributed by atoms with E-state index in [0.29, 0.717) is 12.6 Å². The van der Waals surface area contributed by atoms with Crippen LogP contribution in [0, 0.1) is 0 Å². The van der Waals surface area contributed by atoms with Crippen LogP contribution in [0.3, 0.4) is 0 Å². The minimum atomic E-state index is 0. The van der Waals surface area contributed by atoms with Gasteiger partial charge in [0.15, 0.2) is 11.5 Å². The molecule has 1 unspecified atom stereocenters. The van der Waals surface area contributed by atoms with Crippen LogP contribution in [-0.2, 0) is 6.54 Å². The number of rotatable bonds is 9. The van der Waals surface area contributed by atoms with E-state index in [4.69, 9.17) is 9.47 Å². The van der Waals surface area contributed by atoms with Crippen LogP contribution in [0.1, 0.15) is 25.3 Å². The molecule has 6 heteroatoms. The molecule has 0 amide bonds. The molecular weight excluding hydrogens is 347 g/mol. The van der Waals surface area contributed by atoms with Gasteiger partial charge in [-0.25, -0.2) is 0 Å². The van der Waals surface area contributed by atoms with Gasteiger partial charge in [-0.2, -0.15) is 0 Å². The summed E-state index contributed by atoms with van der Waals surface area (Å²) in [5.41, 5.74) is 1.21. The molecule has 24 heavy (non-hydrogen) atoms. The average Bonchev–Trinajstić information content (AvgIpc) is 3.01. The van der Waals surface area contributed by atoms with Crippen LogP contribution < -0.4 is 14.8 Å². The number of hydrogen-bond acceptors (Lipinski definition) is 4. The number of nitrogens with zero attached hydrogens (tertiary/aromatic N) is 1. The van der Waals surface area contributed by atoms with Crippen molar-refractivity contribution in [1.82, 2.24) is 10.2 Å². The summed E-state index contributed by atoms with van der Waals surface area (Å²) in [4.78, 5) is 2.56. The van der Waals surface area contributed by atoms with E-state index < -0.39 is 0 Å². The fourth-order valence-corrected chi connectivity index (χ4v) is 3.02. The normalized spacial score (nSPS) is 16.8. The molecule has 1 aliphatic rings. The highest BCUT2D eigenvalue weighted by Gasteiger charge is 2.22. The molecule has 1 N–H and O–H groups in total. The smallest absolute Gasteiger partial charge is 0.161 e. The molecular formula is C18H30Cl2N2O2. The largest absolute Gasteiger partial charge is 0.493 e. The standard InChI is InChI=1S/C18H28N2O2.2ClH/c1-4-11-22-17-9-8-15(12-18(17)21-3)13-19-14-16-7-6-10-20(16)5-2;;/h4,8-9,12,16,19H,1,5-7,10-11,13-14H2,2-3H3;2*1H. The van der Waals surface area contributed by atoms with Crippen molar-refractivity contribution in [2.75, 3.05) is 33.4 Å². The molecule has 1 fully saturated rings. The summed E-state index contributed by atoms with van der Waals surface area (Å²) in [6.07, 6.45) is 4.36. The maximum absolute atomic E-state index is 5.58. The van der Waals surface area contributed by atoms with Crippen LogP contribution in [0.5, 0.6) is 11.5 Å². The van der Waals surface area contributed by atoms with Crippen LogP contribution in [-0.4, -0.2) is 44.3 Å². The SMILES string of the molecule is C=CCOc1ccc(CNCC2CCCN2CC)cc1OC.Cl.Cl. The van der Waals surface area contributed by atoms with Gasteiger partial charge in [-0.05, 0) is 43.6 Å². The predicted molar refractivity (Wildman–Crippen MR) is 105 cm³/mol. The summed E-state index contributed by atoms with van der Waals surface area (Å²) in [6.45, 7) is 10.7. The third-order valence-electron chi connectivity index (χ3n) is 4.20. The van der Waals surface area contributed by atoms with E-state index in [-0.39, 0.29) is 24.8 Å². The van der Waals surface area contributed by atoms with E-state index in [1.54, 1.807) is 13.2 Å². The summed E-state index contributed by atoms with van der Waals surface area (Å²) in [6, 6.07) is 6.77. The predicted octanol–water partition coefficient (Wildman–Crippen LogP) is 3.68. The summed E-state index contributed by atoms with van der Waals surface area (Å²) in [7, 11) is 1.67. The zero-order valence-corrected chi connectivity index (χ0v) is 16.3. The number of benzene rings is 1. The summed E-state index contributed by atoms with van der Waals surface area (Å²) >= 11 is 0. The maximum atomic E-state index is 5.58. The minimum absolute atomic E-state index is 0. The monoisotopic (exact) mass is 376 g/mol. The molecule has 1 aliphatic heterocycles. The molecule has 0 radical (unpaired) electrons. The van der Waals surface area contributed by atoms with Crippen LogP contribution in [0.2, 0.25) is 0 Å². The van der Waals surface area contributed by atoms with Crippen molar-refractivity contribution in [2.24, 2.45) is 0 Å². The zero-order valence-electron chi connectivity index (χ0n) is 14.6. The molecule has 1 heterocycles. The van der Waals surface area contributed by atoms with Gasteiger partial charge in [0.1, 0.15) is 6.61 Å². The first kappa shape index (κ1) is 23.1. The molecule has 138 valence electrons. The molecule has 2 rings (SSSR count). The Morgan fingerprint density at radius 1 is 1.33 bits per heavy atom. The van der Waals surface area contributed by atoms with Crippen molar-refractivity contribution in [3.63, 3.8) is 0 Å². The van der Waals surface area contributed by atoms with Gasteiger partial charge in [0, 0.05) is 19.1 Å². The fourth-order valence-electron chi connectivity index (χ4n) is 3.02. The number of likely N-dealkylation sites (N-methyl/N-ethyl adjacent to an activating group) is 1. The summed E-state index contributed by atoms with van der Waals surface area (Å²) in [5, 5.41) is 3.57. The van der Waals surface area contributed by atoms with Gasteiger partial charge in [0.2, 0.25) is 0 Å². The third kappa shape index (κ3) is 6.52. The molecule has 0 saturated carbocycles. The van der Waals surface area contributed by atoms with Crippen molar-refractivity contribution in [2.45, 2.75) is 32.4 Å². The highest BCUT2D eigenvalue weighted by Crippen LogP contribution is 2.28. The van der Waals surface area contributed by atoms with Crippen molar-refractivity contribution < 1.29 is 9.47 Å². The Bertz CT molecular complexity index is 486. The molecule has 1 aromatic rings. The second kappa shape index (κ2) is 12.4. The van der Waals surface area contributed by atoms with Gasteiger partial charge >= 0.3 is 0 Å². The topological polar surface area (TPSA) is 33.7 Å². The lowest BCUT2D eigenvalue weighted by Gasteiger charge is -2.23. The van der Waals surface area contributed by atoms with E-state index in [1.165, 1.54) is 24.9 Å². The maximum Gasteiger partial charge on any atom is 0.161 e. The highest BCUT2D eigenvalue weighted by atomic mass is 35.5. The second-order valence-electron chi connectivity index (χ2n) is 5.64. The Balaban J connectivity index is 0.00000264. The van der Waals surface area contributed by atoms with Crippen molar-refractivity contribution in [1.29, 1.82) is 0 Å². The van der Waals surface area contributed by atoms with Crippen LogP contribution in [0.15, 0.2) is 30.9 Å². The Morgan fingerprint density at radius 2 is 2.12 bits per heavy atom. The van der Waals surface area contributed by atoms with Gasteiger partial charge in [-0.3, -0.25) is 4.90 Å². The summed E-state index contributed by atoms with van der Waals surface area (Å²) in [5.74, 6) is 1.54. The van der Waals surface area contributed by atoms with Gasteiger partial charge < -0.3 is 14.8 Å². The van der Waals surface area contributed by atoms with Gasteiger partial charge in [0.05, 0.1) is 7.11 Å². The third-order valence-corrected chi connectivity index (χ3v) is 4.20. The number of methoxy groups -OCH3 is 1. The lowest BCUT2D eigenvalue weighted by molar-refractivity contribution is 0.260. The van der Waals surface area contributed by atoms with E-state index in [1.807, 2.05) is 12.1 Å². The van der Waals surface area contributed by atoms with E-state index in [9.17, 15) is 0 Å². The average molecular weight is 377 g/mol. The first-order valence-corrected chi connectivity index (χ1v) is 8.13. The molecule has 4 nitrogen and oxygen atoms in total. The van der Waals surface area contributed by atoms with Gasteiger partial charge in [-0.1, -0.05) is 25.6 Å². The Morgan fingerprint density at radius 3 is 2.79 bits per heavy atom. The first-order valence-electron chi connectivity index (χ1n) is 8.13. The van der Waals surface area contributed by atoms with Crippen LogP contribution in [0.25, 0.3) is 0 Å². The van der Waals surface area contributed by atoms with Crippen molar-refractivity contribution in [3.8, 4) is 11.5 Å². The number of halogens is 2. The molecule has 1 saturated heterocycles. The quantitative estimate of drug-likeness (QED) is 0.666. The molecule has 0 bridgehead atoms. The van der Waals surface area contributed by atoms with Crippen LogP contribution in [0.4, 0.5) is 0 Å². The highest BCUT2D eigenvalue weighted by molar-refractivity contribution is 5.85. The lowest BCUT2D eigenvalue weighted by Crippen LogP contribution is -2.37. The van der Waals surface area contributed by atoms with Crippen molar-refractivity contribution >= 4 is 24.8 Å². The molecule has 1 atom stereocenters.